The van der Waals surface area contributed by atoms with E-state index in [1.54, 1.807) is 7.11 Å². The Kier molecular flexibility index (Phi) is 6.09. The quantitative estimate of drug-likeness (QED) is 0.601. The first-order valence-electron chi connectivity index (χ1n) is 2.95. The Bertz CT molecular complexity index is 83.1. The highest BCUT2D eigenvalue weighted by Gasteiger charge is 1.97. The van der Waals surface area contributed by atoms with Gasteiger partial charge in [0.15, 0.2) is 5.12 Å². The molecule has 9 heavy (non-hydrogen) atoms. The lowest BCUT2D eigenvalue weighted by molar-refractivity contribution is -0.111. The van der Waals surface area contributed by atoms with Crippen molar-refractivity contribution in [1.82, 2.24) is 0 Å². The third-order valence-electron chi connectivity index (χ3n) is 0.816. The van der Waals surface area contributed by atoms with Gasteiger partial charge in [-0.1, -0.05) is 18.7 Å². The van der Waals surface area contributed by atoms with Gasteiger partial charge in [0, 0.05) is 13.5 Å². The topological polar surface area (TPSA) is 26.3 Å². The number of rotatable bonds is 4. The summed E-state index contributed by atoms with van der Waals surface area (Å²) in [6, 6.07) is 0. The third kappa shape index (κ3) is 5.86. The molecule has 0 N–H and O–H groups in total. The highest BCUT2D eigenvalue weighted by atomic mass is 32.2. The Hall–Kier alpha value is -0.0200. The van der Waals surface area contributed by atoms with Crippen LogP contribution in [0.15, 0.2) is 0 Å². The lowest BCUT2D eigenvalue weighted by Gasteiger charge is -1.94. The Labute approximate surface area is 60.0 Å². The van der Waals surface area contributed by atoms with Crippen molar-refractivity contribution in [1.29, 1.82) is 0 Å². The second-order valence-corrected chi connectivity index (χ2v) is 2.87. The minimum absolute atomic E-state index is 0.222. The van der Waals surface area contributed by atoms with Crippen molar-refractivity contribution >= 4 is 16.9 Å². The molecular formula is C6H12O2S. The van der Waals surface area contributed by atoms with Crippen molar-refractivity contribution in [2.75, 3.05) is 19.5 Å². The van der Waals surface area contributed by atoms with E-state index in [1.165, 1.54) is 11.8 Å². The van der Waals surface area contributed by atoms with Crippen LogP contribution in [0.4, 0.5) is 0 Å². The number of hydrogen-bond donors (Lipinski definition) is 0. The molecule has 0 aliphatic carbocycles. The van der Waals surface area contributed by atoms with Crippen LogP contribution < -0.4 is 0 Å². The van der Waals surface area contributed by atoms with Crippen LogP contribution in [0.1, 0.15) is 13.3 Å². The molecule has 0 aromatic heterocycles. The fourth-order valence-corrected chi connectivity index (χ4v) is 0.968. The van der Waals surface area contributed by atoms with Crippen LogP contribution in [0.3, 0.4) is 0 Å². The lowest BCUT2D eigenvalue weighted by atomic mass is 10.5. The molecule has 0 saturated carbocycles. The van der Waals surface area contributed by atoms with Crippen LogP contribution in [0.5, 0.6) is 0 Å². The van der Waals surface area contributed by atoms with Crippen LogP contribution >= 0.6 is 11.8 Å². The molecule has 0 aromatic rings. The van der Waals surface area contributed by atoms with Crippen molar-refractivity contribution in [2.24, 2.45) is 0 Å². The molecule has 0 fully saturated rings. The standard InChI is InChI=1S/C6H12O2S/c1-3-9-6(7)4-5-8-2/h3-5H2,1-2H3. The predicted octanol–water partition coefficient (Wildman–Crippen LogP) is 1.30. The molecule has 0 rings (SSSR count). The van der Waals surface area contributed by atoms with Gasteiger partial charge in [-0.15, -0.1) is 0 Å². The number of methoxy groups -OCH3 is 1. The first kappa shape index (κ1) is 8.98. The van der Waals surface area contributed by atoms with Gasteiger partial charge in [-0.05, 0) is 5.75 Å². The van der Waals surface area contributed by atoms with E-state index in [0.717, 1.165) is 5.75 Å². The minimum atomic E-state index is 0.222. The maximum Gasteiger partial charge on any atom is 0.191 e. The van der Waals surface area contributed by atoms with Crippen molar-refractivity contribution in [2.45, 2.75) is 13.3 Å². The number of carbonyl (C=O) groups is 1. The predicted molar refractivity (Wildman–Crippen MR) is 39.6 cm³/mol. The van der Waals surface area contributed by atoms with E-state index in [-0.39, 0.29) is 5.12 Å². The summed E-state index contributed by atoms with van der Waals surface area (Å²) < 4.78 is 4.72. The van der Waals surface area contributed by atoms with Crippen LogP contribution in [0, 0.1) is 0 Å². The SMILES string of the molecule is CCSC(=O)CCOC. The number of ether oxygens (including phenoxy) is 1. The summed E-state index contributed by atoms with van der Waals surface area (Å²) in [5.74, 6) is 0.864. The van der Waals surface area contributed by atoms with Crippen molar-refractivity contribution in [3.8, 4) is 0 Å². The zero-order chi connectivity index (χ0) is 7.11. The molecule has 0 aliphatic rings. The fraction of sp³-hybridized carbons (Fsp3) is 0.833. The smallest absolute Gasteiger partial charge is 0.191 e. The molecule has 54 valence electrons. The zero-order valence-electron chi connectivity index (χ0n) is 5.85. The Balaban J connectivity index is 3.06. The van der Waals surface area contributed by atoms with Gasteiger partial charge in [-0.2, -0.15) is 0 Å². The Morgan fingerprint density at radius 3 is 2.78 bits per heavy atom. The average Bonchev–Trinajstić information content (AvgIpc) is 1.85. The van der Waals surface area contributed by atoms with Gasteiger partial charge in [-0.25, -0.2) is 0 Å². The molecule has 0 amide bonds. The highest BCUT2D eigenvalue weighted by molar-refractivity contribution is 8.13. The first-order chi connectivity index (χ1) is 4.31. The summed E-state index contributed by atoms with van der Waals surface area (Å²) in [6.07, 6.45) is 0.537. The molecule has 0 saturated heterocycles. The van der Waals surface area contributed by atoms with E-state index in [9.17, 15) is 4.79 Å². The van der Waals surface area contributed by atoms with E-state index in [1.807, 2.05) is 6.92 Å². The largest absolute Gasteiger partial charge is 0.384 e. The molecule has 0 atom stereocenters. The van der Waals surface area contributed by atoms with E-state index in [0.29, 0.717) is 13.0 Å². The van der Waals surface area contributed by atoms with E-state index in [4.69, 9.17) is 4.74 Å². The molecule has 0 bridgehead atoms. The Morgan fingerprint density at radius 1 is 1.67 bits per heavy atom. The summed E-state index contributed by atoms with van der Waals surface area (Å²) in [5.41, 5.74) is 0. The molecule has 0 heterocycles. The van der Waals surface area contributed by atoms with Gasteiger partial charge in [0.1, 0.15) is 0 Å². The lowest BCUT2D eigenvalue weighted by Crippen LogP contribution is -1.97. The second kappa shape index (κ2) is 6.11. The van der Waals surface area contributed by atoms with Gasteiger partial charge < -0.3 is 4.74 Å². The monoisotopic (exact) mass is 148 g/mol. The molecule has 3 heteroatoms. The molecular weight excluding hydrogens is 136 g/mol. The van der Waals surface area contributed by atoms with Crippen molar-refractivity contribution < 1.29 is 9.53 Å². The molecule has 0 unspecified atom stereocenters. The number of hydrogen-bond acceptors (Lipinski definition) is 3. The Morgan fingerprint density at radius 2 is 2.33 bits per heavy atom. The molecule has 0 aliphatic heterocycles. The molecule has 0 spiro atoms. The second-order valence-electron chi connectivity index (χ2n) is 1.55. The summed E-state index contributed by atoms with van der Waals surface area (Å²) in [7, 11) is 1.60. The third-order valence-corrected chi connectivity index (χ3v) is 1.63. The zero-order valence-corrected chi connectivity index (χ0v) is 6.66. The molecule has 0 aromatic carbocycles. The molecule has 2 nitrogen and oxygen atoms in total. The normalized spacial score (nSPS) is 9.56. The summed E-state index contributed by atoms with van der Waals surface area (Å²) in [6.45, 7) is 2.52. The maximum atomic E-state index is 10.7. The van der Waals surface area contributed by atoms with Crippen molar-refractivity contribution in [3.05, 3.63) is 0 Å². The number of thioether (sulfide) groups is 1. The summed E-state index contributed by atoms with van der Waals surface area (Å²) in [5, 5.41) is 0.222. The van der Waals surface area contributed by atoms with Crippen molar-refractivity contribution in [3.63, 3.8) is 0 Å². The first-order valence-corrected chi connectivity index (χ1v) is 3.94. The molecule has 0 radical (unpaired) electrons. The van der Waals surface area contributed by atoms with Gasteiger partial charge in [-0.3, -0.25) is 4.79 Å². The minimum Gasteiger partial charge on any atom is -0.384 e. The highest BCUT2D eigenvalue weighted by Crippen LogP contribution is 2.03. The van der Waals surface area contributed by atoms with E-state index < -0.39 is 0 Å². The van der Waals surface area contributed by atoms with Crippen LogP contribution in [0.25, 0.3) is 0 Å². The summed E-state index contributed by atoms with van der Waals surface area (Å²) >= 11 is 1.35. The van der Waals surface area contributed by atoms with Gasteiger partial charge >= 0.3 is 0 Å². The van der Waals surface area contributed by atoms with Gasteiger partial charge in [0.25, 0.3) is 0 Å². The fourth-order valence-electron chi connectivity index (χ4n) is 0.419. The van der Waals surface area contributed by atoms with Crippen LogP contribution in [-0.4, -0.2) is 24.6 Å². The number of carbonyl (C=O) groups excluding carboxylic acids is 1. The van der Waals surface area contributed by atoms with Gasteiger partial charge in [0.05, 0.1) is 6.61 Å². The van der Waals surface area contributed by atoms with E-state index in [2.05, 4.69) is 0 Å². The summed E-state index contributed by atoms with van der Waals surface area (Å²) in [4.78, 5) is 10.7. The maximum absolute atomic E-state index is 10.7. The average molecular weight is 148 g/mol. The van der Waals surface area contributed by atoms with Crippen LogP contribution in [0.2, 0.25) is 0 Å². The van der Waals surface area contributed by atoms with Gasteiger partial charge in [0.2, 0.25) is 0 Å². The van der Waals surface area contributed by atoms with E-state index >= 15 is 0 Å². The van der Waals surface area contributed by atoms with Crippen LogP contribution in [-0.2, 0) is 9.53 Å².